The predicted molar refractivity (Wildman–Crippen MR) is 54.3 cm³/mol. The third kappa shape index (κ3) is 2.48. The molecule has 0 spiro atoms. The van der Waals surface area contributed by atoms with Gasteiger partial charge in [0.05, 0.1) is 12.2 Å². The molecule has 2 atom stereocenters. The van der Waals surface area contributed by atoms with Crippen LogP contribution in [0.15, 0.2) is 0 Å². The molecular weight excluding hydrogens is 148 g/mol. The van der Waals surface area contributed by atoms with Gasteiger partial charge < -0.3 is 4.74 Å². The Morgan fingerprint density at radius 3 is 1.08 bits per heavy atom. The molecule has 1 aliphatic rings. The average molecular weight is 172 g/mol. The summed E-state index contributed by atoms with van der Waals surface area (Å²) < 4.78 is 5.65. The molecule has 1 rings (SSSR count). The van der Waals surface area contributed by atoms with E-state index >= 15 is 0 Å². The van der Waals surface area contributed by atoms with Gasteiger partial charge in [-0.05, 0) is 10.8 Å². The van der Waals surface area contributed by atoms with E-state index in [9.17, 15) is 0 Å². The molecule has 1 heterocycles. The highest BCUT2D eigenvalue weighted by molar-refractivity contribution is 4.99. The highest BCUT2D eigenvalue weighted by atomic mass is 16.6. The zero-order valence-electron chi connectivity index (χ0n) is 8.56. The molecule has 1 fully saturated rings. The van der Waals surface area contributed by atoms with Crippen LogP contribution >= 0.6 is 0 Å². The summed E-state index contributed by atoms with van der Waals surface area (Å²) in [4.78, 5) is 0. The topological polar surface area (TPSA) is 12.5 Å². The van der Waals surface area contributed by atoms with Crippen LogP contribution in [0.3, 0.4) is 0 Å². The molecular formula is C11H24O. The molecule has 0 aromatic carbocycles. The molecule has 0 amide bonds. The van der Waals surface area contributed by atoms with Gasteiger partial charge in [-0.2, -0.15) is 0 Å². The van der Waals surface area contributed by atoms with Crippen LogP contribution in [0.1, 0.15) is 49.0 Å². The third-order valence-electron chi connectivity index (χ3n) is 2.20. The van der Waals surface area contributed by atoms with Gasteiger partial charge in [-0.15, -0.1) is 0 Å². The average Bonchev–Trinajstić information content (AvgIpc) is 2.30. The van der Waals surface area contributed by atoms with Crippen molar-refractivity contribution < 1.29 is 4.74 Å². The van der Waals surface area contributed by atoms with Crippen molar-refractivity contribution >= 4 is 0 Å². The van der Waals surface area contributed by atoms with Gasteiger partial charge in [0.1, 0.15) is 0 Å². The lowest BCUT2D eigenvalue weighted by molar-refractivity contribution is 0.236. The van der Waals surface area contributed by atoms with E-state index in [0.717, 1.165) is 0 Å². The van der Waals surface area contributed by atoms with Gasteiger partial charge in [-0.25, -0.2) is 0 Å². The summed E-state index contributed by atoms with van der Waals surface area (Å²) in [5.41, 5.74) is 0.635. The van der Waals surface area contributed by atoms with Gasteiger partial charge in [0.2, 0.25) is 0 Å². The maximum absolute atomic E-state index is 5.65. The van der Waals surface area contributed by atoms with Crippen molar-refractivity contribution in [2.24, 2.45) is 10.8 Å². The van der Waals surface area contributed by atoms with Crippen molar-refractivity contribution in [3.63, 3.8) is 0 Å². The summed E-state index contributed by atoms with van der Waals surface area (Å²) >= 11 is 0. The Hall–Kier alpha value is -0.0400. The summed E-state index contributed by atoms with van der Waals surface area (Å²) in [7, 11) is 0. The largest absolute Gasteiger partial charge is 0.368 e. The Morgan fingerprint density at radius 2 is 1.00 bits per heavy atom. The van der Waals surface area contributed by atoms with Gasteiger partial charge in [-0.3, -0.25) is 0 Å². The minimum atomic E-state index is 0. The first-order valence-electron chi connectivity index (χ1n) is 4.38. The van der Waals surface area contributed by atoms with Crippen molar-refractivity contribution in [1.82, 2.24) is 0 Å². The number of hydrogen-bond donors (Lipinski definition) is 0. The molecule has 0 N–H and O–H groups in total. The van der Waals surface area contributed by atoms with E-state index in [-0.39, 0.29) is 7.43 Å². The van der Waals surface area contributed by atoms with Gasteiger partial charge in [0.15, 0.2) is 0 Å². The second kappa shape index (κ2) is 3.02. The van der Waals surface area contributed by atoms with E-state index in [0.29, 0.717) is 23.0 Å². The third-order valence-corrected chi connectivity index (χ3v) is 2.20. The zero-order valence-corrected chi connectivity index (χ0v) is 8.56. The fraction of sp³-hybridized carbons (Fsp3) is 1.00. The summed E-state index contributed by atoms with van der Waals surface area (Å²) in [5.74, 6) is 0. The Bertz CT molecular complexity index is 129. The Labute approximate surface area is 77.5 Å². The van der Waals surface area contributed by atoms with E-state index in [4.69, 9.17) is 4.74 Å². The molecule has 1 aliphatic heterocycles. The summed E-state index contributed by atoms with van der Waals surface area (Å²) in [6.45, 7) is 13.4. The molecule has 1 heteroatoms. The lowest BCUT2D eigenvalue weighted by Gasteiger charge is -2.19. The molecule has 1 saturated heterocycles. The first kappa shape index (κ1) is 12.0. The van der Waals surface area contributed by atoms with E-state index in [2.05, 4.69) is 41.5 Å². The number of rotatable bonds is 0. The fourth-order valence-corrected chi connectivity index (χ4v) is 1.43. The van der Waals surface area contributed by atoms with Crippen LogP contribution < -0.4 is 0 Å². The molecule has 74 valence electrons. The van der Waals surface area contributed by atoms with E-state index < -0.39 is 0 Å². The predicted octanol–water partition coefficient (Wildman–Crippen LogP) is 3.48. The second-order valence-corrected chi connectivity index (χ2v) is 5.71. The van der Waals surface area contributed by atoms with Crippen LogP contribution in [0.5, 0.6) is 0 Å². The van der Waals surface area contributed by atoms with Gasteiger partial charge in [0.25, 0.3) is 0 Å². The zero-order chi connectivity index (χ0) is 8.86. The number of hydrogen-bond acceptors (Lipinski definition) is 1. The van der Waals surface area contributed by atoms with Crippen LogP contribution in [0.4, 0.5) is 0 Å². The lowest BCUT2D eigenvalue weighted by atomic mass is 9.81. The molecule has 0 aromatic heterocycles. The number of ether oxygens (including phenoxy) is 1. The van der Waals surface area contributed by atoms with E-state index in [1.807, 2.05) is 0 Å². The molecule has 0 bridgehead atoms. The maximum Gasteiger partial charge on any atom is 0.0895 e. The molecule has 12 heavy (non-hydrogen) atoms. The van der Waals surface area contributed by atoms with Gasteiger partial charge in [0, 0.05) is 0 Å². The van der Waals surface area contributed by atoms with Crippen molar-refractivity contribution in [3.8, 4) is 0 Å². The van der Waals surface area contributed by atoms with E-state index in [1.165, 1.54) is 0 Å². The summed E-state index contributed by atoms with van der Waals surface area (Å²) in [5, 5.41) is 0. The normalized spacial score (nSPS) is 29.5. The molecule has 0 saturated carbocycles. The standard InChI is InChI=1S/C10H20O.CH4/c1-9(2,3)7-8(11-7)10(4,5)6;/h7-8H,1-6H3;1H4. The number of epoxide rings is 1. The Balaban J connectivity index is 0.00000121. The molecule has 0 radical (unpaired) electrons. The SMILES string of the molecule is C.CC(C)(C)C1OC1C(C)(C)C. The second-order valence-electron chi connectivity index (χ2n) is 5.71. The molecule has 0 aromatic rings. The summed E-state index contributed by atoms with van der Waals surface area (Å²) in [6, 6.07) is 0. The smallest absolute Gasteiger partial charge is 0.0895 e. The highest BCUT2D eigenvalue weighted by Crippen LogP contribution is 2.46. The van der Waals surface area contributed by atoms with Crippen LogP contribution in [0.2, 0.25) is 0 Å². The van der Waals surface area contributed by atoms with Gasteiger partial charge >= 0.3 is 0 Å². The lowest BCUT2D eigenvalue weighted by Crippen LogP contribution is -2.23. The first-order chi connectivity index (χ1) is 4.73. The van der Waals surface area contributed by atoms with E-state index in [1.54, 1.807) is 0 Å². The monoisotopic (exact) mass is 172 g/mol. The molecule has 1 nitrogen and oxygen atoms in total. The van der Waals surface area contributed by atoms with Crippen molar-refractivity contribution in [1.29, 1.82) is 0 Å². The van der Waals surface area contributed by atoms with Gasteiger partial charge in [-0.1, -0.05) is 49.0 Å². The summed E-state index contributed by atoms with van der Waals surface area (Å²) in [6.07, 6.45) is 0.949. The van der Waals surface area contributed by atoms with Crippen LogP contribution in [0.25, 0.3) is 0 Å². The van der Waals surface area contributed by atoms with Crippen molar-refractivity contribution in [3.05, 3.63) is 0 Å². The van der Waals surface area contributed by atoms with Crippen LogP contribution in [-0.2, 0) is 4.74 Å². The highest BCUT2D eigenvalue weighted by Gasteiger charge is 2.52. The minimum absolute atomic E-state index is 0. The first-order valence-corrected chi connectivity index (χ1v) is 4.38. The van der Waals surface area contributed by atoms with Crippen LogP contribution in [0, 0.1) is 10.8 Å². The molecule has 0 aliphatic carbocycles. The Morgan fingerprint density at radius 1 is 0.750 bits per heavy atom. The van der Waals surface area contributed by atoms with Crippen molar-refractivity contribution in [2.75, 3.05) is 0 Å². The maximum atomic E-state index is 5.65. The quantitative estimate of drug-likeness (QED) is 0.510. The fourth-order valence-electron chi connectivity index (χ4n) is 1.43. The molecule has 2 unspecified atom stereocenters. The Kier molecular flexibility index (Phi) is 3.01. The van der Waals surface area contributed by atoms with Crippen LogP contribution in [-0.4, -0.2) is 12.2 Å². The minimum Gasteiger partial charge on any atom is -0.368 e. The van der Waals surface area contributed by atoms with Crippen molar-refractivity contribution in [2.45, 2.75) is 61.2 Å².